The minimum absolute atomic E-state index is 0.00239. The molecule has 0 radical (unpaired) electrons. The Hall–Kier alpha value is -3.11. The van der Waals surface area contributed by atoms with Crippen LogP contribution in [-0.2, 0) is 6.18 Å². The van der Waals surface area contributed by atoms with Gasteiger partial charge in [-0.2, -0.15) is 18.3 Å². The largest absolute Gasteiger partial charge is 0.417 e. The zero-order valence-electron chi connectivity index (χ0n) is 19.7. The molecule has 2 spiro atoms. The molecule has 0 unspecified atom stereocenters. The Labute approximate surface area is 205 Å². The van der Waals surface area contributed by atoms with E-state index in [4.69, 9.17) is 0 Å². The monoisotopic (exact) mass is 500 g/mol. The first kappa shape index (κ1) is 22.1. The number of aromatic nitrogens is 4. The maximum atomic E-state index is 13.0. The smallest absolute Gasteiger partial charge is 0.323 e. The van der Waals surface area contributed by atoms with Gasteiger partial charge in [-0.25, -0.2) is 9.78 Å². The van der Waals surface area contributed by atoms with Gasteiger partial charge in [0.05, 0.1) is 5.56 Å². The Morgan fingerprint density at radius 1 is 1.03 bits per heavy atom. The summed E-state index contributed by atoms with van der Waals surface area (Å²) in [5.41, 5.74) is -0.174. The van der Waals surface area contributed by atoms with Crippen molar-refractivity contribution < 1.29 is 18.0 Å². The molecule has 2 saturated heterocycles. The number of aromatic amines is 1. The van der Waals surface area contributed by atoms with Gasteiger partial charge < -0.3 is 9.80 Å². The molecule has 2 amide bonds. The molecule has 1 N–H and O–H groups in total. The number of carbonyl (C=O) groups excluding carboxylic acids is 1. The van der Waals surface area contributed by atoms with Gasteiger partial charge in [0.25, 0.3) is 5.56 Å². The molecule has 3 saturated carbocycles. The van der Waals surface area contributed by atoms with Crippen molar-refractivity contribution in [3.63, 3.8) is 0 Å². The summed E-state index contributed by atoms with van der Waals surface area (Å²) in [6.07, 6.45) is 3.73. The summed E-state index contributed by atoms with van der Waals surface area (Å²) in [5, 5.41) is 7.47. The molecule has 190 valence electrons. The molecule has 36 heavy (non-hydrogen) atoms. The summed E-state index contributed by atoms with van der Waals surface area (Å²) >= 11 is 0. The van der Waals surface area contributed by atoms with E-state index in [1.807, 2.05) is 9.80 Å². The van der Waals surface area contributed by atoms with Crippen molar-refractivity contribution in [2.45, 2.75) is 56.5 Å². The molecule has 5 aliphatic rings. The quantitative estimate of drug-likeness (QED) is 0.695. The Balaban J connectivity index is 0.890. The third kappa shape index (κ3) is 3.57. The first-order chi connectivity index (χ1) is 17.1. The summed E-state index contributed by atoms with van der Waals surface area (Å²) in [6.45, 7) is 2.90. The SMILES string of the molecule is O=C(N1CC2(CC(=Cn3cc(C(F)(F)F)ccc3=O)C2)C1)N1CC2(CC(c3nc(C4CC4)n[nH]3)C2)C1. The minimum Gasteiger partial charge on any atom is -0.323 e. The van der Waals surface area contributed by atoms with E-state index in [9.17, 15) is 22.8 Å². The predicted octanol–water partition coefficient (Wildman–Crippen LogP) is 3.80. The number of urea groups is 1. The van der Waals surface area contributed by atoms with Gasteiger partial charge in [-0.05, 0) is 44.6 Å². The molecule has 8 nitrogen and oxygen atoms in total. The molecule has 2 aromatic rings. The third-order valence-electron chi connectivity index (χ3n) is 8.65. The molecule has 4 heterocycles. The van der Waals surface area contributed by atoms with E-state index in [2.05, 4.69) is 15.2 Å². The molecule has 0 atom stereocenters. The van der Waals surface area contributed by atoms with Crippen LogP contribution in [0.5, 0.6) is 0 Å². The minimum atomic E-state index is -4.49. The number of halogens is 3. The Morgan fingerprint density at radius 3 is 2.33 bits per heavy atom. The fourth-order valence-corrected chi connectivity index (χ4v) is 6.62. The van der Waals surface area contributed by atoms with Gasteiger partial charge in [0, 0.05) is 67.3 Å². The van der Waals surface area contributed by atoms with Crippen LogP contribution in [0.3, 0.4) is 0 Å². The highest BCUT2D eigenvalue weighted by molar-refractivity contribution is 5.77. The molecule has 7 rings (SSSR count). The zero-order valence-corrected chi connectivity index (χ0v) is 19.7. The van der Waals surface area contributed by atoms with Crippen molar-refractivity contribution in [1.82, 2.24) is 29.5 Å². The lowest BCUT2D eigenvalue weighted by molar-refractivity contribution is -0.137. The molecule has 0 bridgehead atoms. The van der Waals surface area contributed by atoms with Crippen LogP contribution in [-0.4, -0.2) is 61.8 Å². The summed E-state index contributed by atoms with van der Waals surface area (Å²) in [5.74, 6) is 2.92. The summed E-state index contributed by atoms with van der Waals surface area (Å²) in [4.78, 5) is 33.4. The number of amides is 2. The van der Waals surface area contributed by atoms with Crippen molar-refractivity contribution in [2.24, 2.45) is 10.8 Å². The van der Waals surface area contributed by atoms with E-state index in [0.717, 1.165) is 66.0 Å². The molecule has 3 aliphatic carbocycles. The molecule has 2 aliphatic heterocycles. The highest BCUT2D eigenvalue weighted by Gasteiger charge is 2.58. The highest BCUT2D eigenvalue weighted by atomic mass is 19.4. The number of H-pyrrole nitrogens is 1. The van der Waals surface area contributed by atoms with Crippen molar-refractivity contribution >= 4 is 12.2 Å². The van der Waals surface area contributed by atoms with Crippen LogP contribution >= 0.6 is 0 Å². The van der Waals surface area contributed by atoms with E-state index in [1.165, 1.54) is 19.0 Å². The fraction of sp³-hybridized carbons (Fsp3) is 0.600. The normalized spacial score (nSPS) is 24.2. The average Bonchev–Trinajstić information content (AvgIpc) is 3.45. The number of allylic oxidation sites excluding steroid dienone is 1. The van der Waals surface area contributed by atoms with Gasteiger partial charge in [0.15, 0.2) is 5.82 Å². The van der Waals surface area contributed by atoms with E-state index >= 15 is 0 Å². The van der Waals surface area contributed by atoms with Crippen LogP contribution < -0.4 is 5.56 Å². The maximum Gasteiger partial charge on any atom is 0.417 e. The highest BCUT2D eigenvalue weighted by Crippen LogP contribution is 2.57. The first-order valence-electron chi connectivity index (χ1n) is 12.6. The second-order valence-electron chi connectivity index (χ2n) is 11.8. The van der Waals surface area contributed by atoms with Crippen molar-refractivity contribution in [3.8, 4) is 0 Å². The van der Waals surface area contributed by atoms with Crippen LogP contribution in [0.4, 0.5) is 18.0 Å². The van der Waals surface area contributed by atoms with Gasteiger partial charge in [0.1, 0.15) is 5.82 Å². The number of nitrogens with zero attached hydrogens (tertiary/aromatic N) is 5. The topological polar surface area (TPSA) is 87.1 Å². The Morgan fingerprint density at radius 2 is 1.69 bits per heavy atom. The molecule has 5 fully saturated rings. The Kier molecular flexibility index (Phi) is 4.44. The van der Waals surface area contributed by atoms with Crippen molar-refractivity contribution in [3.05, 3.63) is 51.5 Å². The van der Waals surface area contributed by atoms with Crippen LogP contribution in [0, 0.1) is 10.8 Å². The number of hydrogen-bond donors (Lipinski definition) is 1. The number of rotatable bonds is 3. The third-order valence-corrected chi connectivity index (χ3v) is 8.65. The van der Waals surface area contributed by atoms with Gasteiger partial charge in [-0.1, -0.05) is 5.57 Å². The Bertz CT molecular complexity index is 1310. The second-order valence-corrected chi connectivity index (χ2v) is 11.8. The molecular formula is C25H27F3N6O2. The number of likely N-dealkylation sites (tertiary alicyclic amines) is 2. The maximum absolute atomic E-state index is 13.0. The number of nitrogens with one attached hydrogen (secondary N) is 1. The summed E-state index contributed by atoms with van der Waals surface area (Å²) < 4.78 is 39.9. The number of alkyl halides is 3. The van der Waals surface area contributed by atoms with Crippen LogP contribution in [0.1, 0.15) is 67.6 Å². The predicted molar refractivity (Wildman–Crippen MR) is 123 cm³/mol. The molecule has 11 heteroatoms. The van der Waals surface area contributed by atoms with Gasteiger partial charge >= 0.3 is 12.2 Å². The van der Waals surface area contributed by atoms with E-state index in [-0.39, 0.29) is 16.9 Å². The molecular weight excluding hydrogens is 473 g/mol. The number of carbonyl (C=O) groups is 1. The summed E-state index contributed by atoms with van der Waals surface area (Å²) in [7, 11) is 0. The van der Waals surface area contributed by atoms with E-state index in [0.29, 0.717) is 37.8 Å². The molecule has 0 aromatic carbocycles. The average molecular weight is 501 g/mol. The van der Waals surface area contributed by atoms with E-state index in [1.54, 1.807) is 0 Å². The first-order valence-corrected chi connectivity index (χ1v) is 12.6. The van der Waals surface area contributed by atoms with Gasteiger partial charge in [0.2, 0.25) is 0 Å². The molecule has 2 aromatic heterocycles. The van der Waals surface area contributed by atoms with Gasteiger partial charge in [-0.3, -0.25) is 14.5 Å². The number of hydrogen-bond acceptors (Lipinski definition) is 4. The van der Waals surface area contributed by atoms with E-state index < -0.39 is 17.3 Å². The summed E-state index contributed by atoms with van der Waals surface area (Å²) in [6, 6.07) is 1.83. The lowest BCUT2D eigenvalue weighted by Gasteiger charge is -2.62. The number of pyridine rings is 1. The van der Waals surface area contributed by atoms with Gasteiger partial charge in [-0.15, -0.1) is 0 Å². The van der Waals surface area contributed by atoms with Crippen molar-refractivity contribution in [2.75, 3.05) is 26.2 Å². The van der Waals surface area contributed by atoms with Crippen LogP contribution in [0.25, 0.3) is 6.20 Å². The zero-order chi connectivity index (χ0) is 24.9. The lowest BCUT2D eigenvalue weighted by atomic mass is 9.57. The lowest BCUT2D eigenvalue weighted by Crippen LogP contribution is -2.70. The van der Waals surface area contributed by atoms with Crippen LogP contribution in [0.2, 0.25) is 0 Å². The second kappa shape index (κ2) is 7.23. The van der Waals surface area contributed by atoms with Crippen LogP contribution in [0.15, 0.2) is 28.7 Å². The standard InChI is InChI=1S/C25H27F3N6O2/c26-25(27,28)18-3-4-19(35)32(10-18)9-15-5-23(6-15)11-33(12-23)22(36)34-13-24(14-34)7-17(8-24)21-29-20(30-31-21)16-1-2-16/h3-4,9-10,16-17H,1-2,5-8,11-14H2,(H,29,30,31). The van der Waals surface area contributed by atoms with Crippen molar-refractivity contribution in [1.29, 1.82) is 0 Å². The fourth-order valence-electron chi connectivity index (χ4n) is 6.62.